The van der Waals surface area contributed by atoms with Crippen LogP contribution in [0.5, 0.6) is 11.5 Å². The highest BCUT2D eigenvalue weighted by molar-refractivity contribution is 8.26. The number of hydrogen-bond acceptors (Lipinski definition) is 7. The van der Waals surface area contributed by atoms with Gasteiger partial charge in [0.25, 0.3) is 11.8 Å². The lowest BCUT2D eigenvalue weighted by Gasteiger charge is -2.26. The predicted octanol–water partition coefficient (Wildman–Crippen LogP) is 3.77. The molecule has 7 nitrogen and oxygen atoms in total. The molecule has 2 heterocycles. The maximum absolute atomic E-state index is 13.0. The molecule has 0 bridgehead atoms. The second kappa shape index (κ2) is 12.2. The van der Waals surface area contributed by atoms with E-state index < -0.39 is 0 Å². The molecule has 0 saturated carbocycles. The van der Waals surface area contributed by atoms with Crippen LogP contribution in [0.4, 0.5) is 0 Å². The van der Waals surface area contributed by atoms with E-state index in [1.54, 1.807) is 15.9 Å². The van der Waals surface area contributed by atoms with Crippen molar-refractivity contribution in [3.63, 3.8) is 0 Å². The molecule has 2 aliphatic rings. The second-order valence-corrected chi connectivity index (χ2v) is 9.67. The number of amides is 2. The summed E-state index contributed by atoms with van der Waals surface area (Å²) in [6.45, 7) is 5.03. The van der Waals surface area contributed by atoms with Crippen molar-refractivity contribution in [2.24, 2.45) is 0 Å². The Hall–Kier alpha value is -2.88. The number of thioether (sulfide) groups is 1. The molecule has 0 N–H and O–H groups in total. The van der Waals surface area contributed by atoms with Crippen molar-refractivity contribution in [1.29, 1.82) is 0 Å². The fourth-order valence-corrected chi connectivity index (χ4v) is 5.08. The van der Waals surface area contributed by atoms with Crippen LogP contribution in [-0.2, 0) is 20.7 Å². The van der Waals surface area contributed by atoms with Crippen molar-refractivity contribution in [1.82, 2.24) is 9.80 Å². The third kappa shape index (κ3) is 6.62. The minimum atomic E-state index is -0.0923. The molecule has 0 aliphatic carbocycles. The standard InChI is InChI=1S/C26H28N2O5S2/c1-2-32-22-16-20(8-9-21(22)33-18-24(29)27-12-14-31-15-13-27)17-23-25(30)28(26(34)35-23)11-10-19-6-4-3-5-7-19/h3-9,16-17H,2,10-15,18H2,1H3/b23-17-. The molecule has 35 heavy (non-hydrogen) atoms. The smallest absolute Gasteiger partial charge is 0.266 e. The van der Waals surface area contributed by atoms with E-state index >= 15 is 0 Å². The van der Waals surface area contributed by atoms with Crippen LogP contribution in [0.2, 0.25) is 0 Å². The van der Waals surface area contributed by atoms with Gasteiger partial charge in [0.15, 0.2) is 18.1 Å². The van der Waals surface area contributed by atoms with Crippen LogP contribution in [0.15, 0.2) is 53.4 Å². The third-order valence-electron chi connectivity index (χ3n) is 5.62. The number of carbonyl (C=O) groups is 2. The summed E-state index contributed by atoms with van der Waals surface area (Å²) in [5, 5.41) is 0. The normalized spacial score (nSPS) is 17.2. The molecule has 2 fully saturated rings. The molecule has 2 saturated heterocycles. The Kier molecular flexibility index (Phi) is 8.79. The number of hydrogen-bond donors (Lipinski definition) is 0. The van der Waals surface area contributed by atoms with Gasteiger partial charge in [-0.05, 0) is 42.7 Å². The number of ether oxygens (including phenoxy) is 3. The summed E-state index contributed by atoms with van der Waals surface area (Å²) in [7, 11) is 0. The van der Waals surface area contributed by atoms with E-state index in [0.717, 1.165) is 17.5 Å². The summed E-state index contributed by atoms with van der Waals surface area (Å²) >= 11 is 6.77. The lowest BCUT2D eigenvalue weighted by atomic mass is 10.1. The van der Waals surface area contributed by atoms with E-state index in [9.17, 15) is 9.59 Å². The Morgan fingerprint density at radius 2 is 1.89 bits per heavy atom. The molecular weight excluding hydrogens is 484 g/mol. The van der Waals surface area contributed by atoms with Crippen molar-refractivity contribution < 1.29 is 23.8 Å². The zero-order valence-electron chi connectivity index (χ0n) is 19.6. The third-order valence-corrected chi connectivity index (χ3v) is 7.00. The average Bonchev–Trinajstić information content (AvgIpc) is 3.15. The van der Waals surface area contributed by atoms with Gasteiger partial charge in [0, 0.05) is 19.6 Å². The van der Waals surface area contributed by atoms with E-state index in [-0.39, 0.29) is 18.4 Å². The van der Waals surface area contributed by atoms with Crippen molar-refractivity contribution in [2.75, 3.05) is 46.1 Å². The molecule has 184 valence electrons. The summed E-state index contributed by atoms with van der Waals surface area (Å²) in [6, 6.07) is 15.5. The minimum Gasteiger partial charge on any atom is -0.490 e. The van der Waals surface area contributed by atoms with Crippen molar-refractivity contribution >= 4 is 46.2 Å². The number of morpholine rings is 1. The van der Waals surface area contributed by atoms with Gasteiger partial charge in [0.2, 0.25) is 0 Å². The summed E-state index contributed by atoms with van der Waals surface area (Å²) in [6.07, 6.45) is 2.55. The van der Waals surface area contributed by atoms with Gasteiger partial charge < -0.3 is 19.1 Å². The van der Waals surface area contributed by atoms with Crippen LogP contribution in [0, 0.1) is 0 Å². The average molecular weight is 513 g/mol. The maximum Gasteiger partial charge on any atom is 0.266 e. The van der Waals surface area contributed by atoms with E-state index in [4.69, 9.17) is 26.4 Å². The first-order chi connectivity index (χ1) is 17.0. The van der Waals surface area contributed by atoms with Gasteiger partial charge in [-0.3, -0.25) is 14.5 Å². The number of carbonyl (C=O) groups excluding carboxylic acids is 2. The van der Waals surface area contributed by atoms with Crippen LogP contribution in [-0.4, -0.2) is 72.0 Å². The highest BCUT2D eigenvalue weighted by Gasteiger charge is 2.31. The molecule has 2 amide bonds. The molecule has 2 aliphatic heterocycles. The van der Waals surface area contributed by atoms with Gasteiger partial charge in [0.05, 0.1) is 24.7 Å². The summed E-state index contributed by atoms with van der Waals surface area (Å²) in [5.74, 6) is 0.834. The Bertz CT molecular complexity index is 1100. The van der Waals surface area contributed by atoms with Gasteiger partial charge in [-0.15, -0.1) is 0 Å². The van der Waals surface area contributed by atoms with Gasteiger partial charge >= 0.3 is 0 Å². The highest BCUT2D eigenvalue weighted by Crippen LogP contribution is 2.35. The molecule has 0 atom stereocenters. The zero-order valence-corrected chi connectivity index (χ0v) is 21.2. The molecule has 0 aromatic heterocycles. The van der Waals surface area contributed by atoms with Gasteiger partial charge in [0.1, 0.15) is 4.32 Å². The predicted molar refractivity (Wildman–Crippen MR) is 141 cm³/mol. The van der Waals surface area contributed by atoms with Crippen LogP contribution in [0.3, 0.4) is 0 Å². The second-order valence-electron chi connectivity index (χ2n) is 7.99. The van der Waals surface area contributed by atoms with E-state index in [1.165, 1.54) is 11.8 Å². The Balaban J connectivity index is 1.42. The van der Waals surface area contributed by atoms with Crippen molar-refractivity contribution in [3.8, 4) is 11.5 Å². The summed E-state index contributed by atoms with van der Waals surface area (Å²) < 4.78 is 17.4. The SMILES string of the molecule is CCOc1cc(/C=C2\SC(=S)N(CCc3ccccc3)C2=O)ccc1OCC(=O)N1CCOCC1. The molecule has 0 spiro atoms. The lowest BCUT2D eigenvalue weighted by Crippen LogP contribution is -2.43. The largest absolute Gasteiger partial charge is 0.490 e. The molecule has 2 aromatic carbocycles. The van der Waals surface area contributed by atoms with E-state index in [0.29, 0.717) is 60.2 Å². The van der Waals surface area contributed by atoms with Crippen molar-refractivity contribution in [3.05, 3.63) is 64.6 Å². The first-order valence-electron chi connectivity index (χ1n) is 11.6. The van der Waals surface area contributed by atoms with E-state index in [2.05, 4.69) is 0 Å². The topological polar surface area (TPSA) is 68.3 Å². The first kappa shape index (κ1) is 25.2. The van der Waals surface area contributed by atoms with Crippen LogP contribution in [0.1, 0.15) is 18.1 Å². The van der Waals surface area contributed by atoms with Crippen LogP contribution >= 0.6 is 24.0 Å². The fraction of sp³-hybridized carbons (Fsp3) is 0.346. The quantitative estimate of drug-likeness (QED) is 0.374. The van der Waals surface area contributed by atoms with Crippen molar-refractivity contribution in [2.45, 2.75) is 13.3 Å². The Labute approximate surface area is 215 Å². The molecular formula is C26H28N2O5S2. The molecule has 0 unspecified atom stereocenters. The Morgan fingerprint density at radius 3 is 2.63 bits per heavy atom. The molecule has 9 heteroatoms. The van der Waals surface area contributed by atoms with Crippen LogP contribution in [0.25, 0.3) is 6.08 Å². The number of thiocarbonyl (C=S) groups is 1. The summed E-state index contributed by atoms with van der Waals surface area (Å²) in [5.41, 5.74) is 1.96. The molecule has 4 rings (SSSR count). The molecule has 0 radical (unpaired) electrons. The Morgan fingerprint density at radius 1 is 1.11 bits per heavy atom. The van der Waals surface area contributed by atoms with Gasteiger partial charge in [-0.2, -0.15) is 0 Å². The number of benzene rings is 2. The van der Waals surface area contributed by atoms with Crippen LogP contribution < -0.4 is 9.47 Å². The monoisotopic (exact) mass is 512 g/mol. The zero-order chi connectivity index (χ0) is 24.6. The fourth-order valence-electron chi connectivity index (χ4n) is 3.78. The van der Waals surface area contributed by atoms with Gasteiger partial charge in [-0.1, -0.05) is 60.4 Å². The van der Waals surface area contributed by atoms with Gasteiger partial charge in [-0.25, -0.2) is 0 Å². The molecule has 2 aromatic rings. The van der Waals surface area contributed by atoms with E-state index in [1.807, 2.05) is 55.5 Å². The lowest BCUT2D eigenvalue weighted by molar-refractivity contribution is -0.137. The maximum atomic E-state index is 13.0. The summed E-state index contributed by atoms with van der Waals surface area (Å²) in [4.78, 5) is 29.4. The number of rotatable bonds is 9. The minimum absolute atomic E-state index is 0.0699. The highest BCUT2D eigenvalue weighted by atomic mass is 32.2. The number of nitrogens with zero attached hydrogens (tertiary/aromatic N) is 2. The first-order valence-corrected chi connectivity index (χ1v) is 12.8.